The molecule has 19 heavy (non-hydrogen) atoms. The van der Waals surface area contributed by atoms with Crippen LogP contribution in [0.1, 0.15) is 31.9 Å². The molecule has 1 aromatic carbocycles. The van der Waals surface area contributed by atoms with Gasteiger partial charge in [-0.2, -0.15) is 0 Å². The lowest BCUT2D eigenvalue weighted by Gasteiger charge is -2.30. The van der Waals surface area contributed by atoms with Crippen LogP contribution in [-0.4, -0.2) is 34.0 Å². The minimum absolute atomic E-state index is 0.0149. The predicted octanol–water partition coefficient (Wildman–Crippen LogP) is 2.45. The maximum atomic E-state index is 11.1. The summed E-state index contributed by atoms with van der Waals surface area (Å²) >= 11 is 0. The summed E-state index contributed by atoms with van der Waals surface area (Å²) in [5.74, 6) is -0.887. The van der Waals surface area contributed by atoms with Gasteiger partial charge in [0.05, 0.1) is 4.92 Å². The summed E-state index contributed by atoms with van der Waals surface area (Å²) < 4.78 is 0. The number of hydrogen-bond acceptors (Lipinski definition) is 4. The van der Waals surface area contributed by atoms with Gasteiger partial charge < -0.3 is 5.11 Å². The highest BCUT2D eigenvalue weighted by atomic mass is 16.6. The molecule has 0 bridgehead atoms. The molecule has 0 aliphatic carbocycles. The predicted molar refractivity (Wildman–Crippen MR) is 71.0 cm³/mol. The van der Waals surface area contributed by atoms with Gasteiger partial charge in [-0.15, -0.1) is 0 Å². The molecule has 1 rings (SSSR count). The standard InChI is InChI=1S/C13H18N2O4/c1-4-12(13(16)17)14(3)9(2)10-6-5-7-11(8-10)15(18)19/h5-9,12H,4H2,1-3H3,(H,16,17). The van der Waals surface area contributed by atoms with Gasteiger partial charge in [-0.3, -0.25) is 19.8 Å². The number of likely N-dealkylation sites (N-methyl/N-ethyl adjacent to an activating group) is 1. The molecule has 2 unspecified atom stereocenters. The fourth-order valence-electron chi connectivity index (χ4n) is 2.04. The lowest BCUT2D eigenvalue weighted by atomic mass is 10.0. The second-order valence-electron chi connectivity index (χ2n) is 4.46. The van der Waals surface area contributed by atoms with Crippen LogP contribution in [0.5, 0.6) is 0 Å². The number of nitro groups is 1. The van der Waals surface area contributed by atoms with Crippen molar-refractivity contribution in [2.24, 2.45) is 0 Å². The van der Waals surface area contributed by atoms with Crippen molar-refractivity contribution in [3.8, 4) is 0 Å². The molecule has 0 saturated heterocycles. The van der Waals surface area contributed by atoms with Gasteiger partial charge in [-0.1, -0.05) is 19.1 Å². The average molecular weight is 266 g/mol. The number of aliphatic carboxylic acids is 1. The normalized spacial score (nSPS) is 14.1. The summed E-state index contributed by atoms with van der Waals surface area (Å²) in [5.41, 5.74) is 0.748. The van der Waals surface area contributed by atoms with E-state index in [2.05, 4.69) is 0 Å². The Labute approximate surface area is 111 Å². The Bertz CT molecular complexity index is 475. The first-order chi connectivity index (χ1) is 8.88. The lowest BCUT2D eigenvalue weighted by Crippen LogP contribution is -2.39. The van der Waals surface area contributed by atoms with Gasteiger partial charge in [0, 0.05) is 18.2 Å². The maximum absolute atomic E-state index is 11.1. The fraction of sp³-hybridized carbons (Fsp3) is 0.462. The van der Waals surface area contributed by atoms with Crippen LogP contribution in [0.3, 0.4) is 0 Å². The molecule has 0 radical (unpaired) electrons. The van der Waals surface area contributed by atoms with E-state index in [-0.39, 0.29) is 11.7 Å². The van der Waals surface area contributed by atoms with Gasteiger partial charge in [-0.25, -0.2) is 0 Å². The fourth-order valence-corrected chi connectivity index (χ4v) is 2.04. The number of rotatable bonds is 6. The van der Waals surface area contributed by atoms with Crippen molar-refractivity contribution < 1.29 is 14.8 Å². The molecule has 0 saturated carbocycles. The quantitative estimate of drug-likeness (QED) is 0.631. The molecular weight excluding hydrogens is 248 g/mol. The van der Waals surface area contributed by atoms with Crippen LogP contribution < -0.4 is 0 Å². The Hall–Kier alpha value is -1.95. The topological polar surface area (TPSA) is 83.7 Å². The number of nitro benzene ring substituents is 1. The minimum atomic E-state index is -0.887. The summed E-state index contributed by atoms with van der Waals surface area (Å²) in [6, 6.07) is 5.47. The summed E-state index contributed by atoms with van der Waals surface area (Å²) in [6.45, 7) is 3.64. The minimum Gasteiger partial charge on any atom is -0.480 e. The van der Waals surface area contributed by atoms with Crippen LogP contribution in [0.2, 0.25) is 0 Å². The molecule has 0 heterocycles. The van der Waals surface area contributed by atoms with Crippen LogP contribution in [0.15, 0.2) is 24.3 Å². The monoisotopic (exact) mass is 266 g/mol. The average Bonchev–Trinajstić information content (AvgIpc) is 2.38. The zero-order valence-corrected chi connectivity index (χ0v) is 11.2. The van der Waals surface area contributed by atoms with Crippen LogP contribution in [0.25, 0.3) is 0 Å². The molecule has 6 heteroatoms. The van der Waals surface area contributed by atoms with E-state index in [1.54, 1.807) is 31.0 Å². The molecular formula is C13H18N2O4. The van der Waals surface area contributed by atoms with Crippen molar-refractivity contribution in [2.75, 3.05) is 7.05 Å². The Morgan fingerprint density at radius 3 is 2.63 bits per heavy atom. The Morgan fingerprint density at radius 2 is 2.16 bits per heavy atom. The Balaban J connectivity index is 2.99. The molecule has 0 spiro atoms. The number of carboxylic acid groups (broad SMARTS) is 1. The van der Waals surface area contributed by atoms with E-state index in [1.807, 2.05) is 6.92 Å². The second kappa shape index (κ2) is 6.29. The van der Waals surface area contributed by atoms with Crippen LogP contribution in [-0.2, 0) is 4.79 Å². The van der Waals surface area contributed by atoms with Crippen LogP contribution in [0.4, 0.5) is 5.69 Å². The molecule has 0 aliphatic rings. The lowest BCUT2D eigenvalue weighted by molar-refractivity contribution is -0.384. The van der Waals surface area contributed by atoms with E-state index in [0.29, 0.717) is 6.42 Å². The number of benzene rings is 1. The zero-order valence-electron chi connectivity index (χ0n) is 11.2. The van der Waals surface area contributed by atoms with Crippen molar-refractivity contribution in [3.05, 3.63) is 39.9 Å². The first-order valence-corrected chi connectivity index (χ1v) is 6.07. The largest absolute Gasteiger partial charge is 0.480 e. The van der Waals surface area contributed by atoms with Gasteiger partial charge >= 0.3 is 5.97 Å². The van der Waals surface area contributed by atoms with Crippen molar-refractivity contribution >= 4 is 11.7 Å². The van der Waals surface area contributed by atoms with E-state index < -0.39 is 16.9 Å². The first-order valence-electron chi connectivity index (χ1n) is 6.07. The van der Waals surface area contributed by atoms with E-state index in [0.717, 1.165) is 5.56 Å². The highest BCUT2D eigenvalue weighted by molar-refractivity contribution is 5.73. The third-order valence-electron chi connectivity index (χ3n) is 3.34. The molecule has 6 nitrogen and oxygen atoms in total. The summed E-state index contributed by atoms with van der Waals surface area (Å²) in [5, 5.41) is 19.9. The first kappa shape index (κ1) is 15.1. The number of nitrogens with zero attached hydrogens (tertiary/aromatic N) is 2. The zero-order chi connectivity index (χ0) is 14.6. The number of carbonyl (C=O) groups is 1. The summed E-state index contributed by atoms with van der Waals surface area (Å²) in [7, 11) is 1.71. The number of non-ortho nitro benzene ring substituents is 1. The highest BCUT2D eigenvalue weighted by Crippen LogP contribution is 2.25. The smallest absolute Gasteiger partial charge is 0.320 e. The third-order valence-corrected chi connectivity index (χ3v) is 3.34. The molecule has 2 atom stereocenters. The van der Waals surface area contributed by atoms with Gasteiger partial charge in [0.15, 0.2) is 0 Å². The second-order valence-corrected chi connectivity index (χ2v) is 4.46. The van der Waals surface area contributed by atoms with E-state index in [9.17, 15) is 14.9 Å². The highest BCUT2D eigenvalue weighted by Gasteiger charge is 2.25. The van der Waals surface area contributed by atoms with E-state index >= 15 is 0 Å². The third kappa shape index (κ3) is 3.51. The van der Waals surface area contributed by atoms with Gasteiger partial charge in [0.25, 0.3) is 5.69 Å². The van der Waals surface area contributed by atoms with Gasteiger partial charge in [0.1, 0.15) is 6.04 Å². The summed E-state index contributed by atoms with van der Waals surface area (Å²) in [4.78, 5) is 23.1. The van der Waals surface area contributed by atoms with Crippen LogP contribution >= 0.6 is 0 Å². The Morgan fingerprint density at radius 1 is 1.53 bits per heavy atom. The van der Waals surface area contributed by atoms with Crippen molar-refractivity contribution in [1.82, 2.24) is 4.90 Å². The molecule has 0 amide bonds. The van der Waals surface area contributed by atoms with E-state index in [1.165, 1.54) is 12.1 Å². The van der Waals surface area contributed by atoms with Crippen LogP contribution in [0, 0.1) is 10.1 Å². The number of hydrogen-bond donors (Lipinski definition) is 1. The molecule has 0 aliphatic heterocycles. The molecule has 1 aromatic rings. The van der Waals surface area contributed by atoms with E-state index in [4.69, 9.17) is 5.11 Å². The molecule has 1 N–H and O–H groups in total. The van der Waals surface area contributed by atoms with Crippen molar-refractivity contribution in [3.63, 3.8) is 0 Å². The Kier molecular flexibility index (Phi) is 5.00. The maximum Gasteiger partial charge on any atom is 0.320 e. The SMILES string of the molecule is CCC(C(=O)O)N(C)C(C)c1cccc([N+](=O)[O-])c1. The molecule has 0 fully saturated rings. The van der Waals surface area contributed by atoms with Crippen molar-refractivity contribution in [1.29, 1.82) is 0 Å². The van der Waals surface area contributed by atoms with Gasteiger partial charge in [-0.05, 0) is 26.0 Å². The summed E-state index contributed by atoms with van der Waals surface area (Å²) in [6.07, 6.45) is 0.477. The molecule has 0 aromatic heterocycles. The molecule has 104 valence electrons. The van der Waals surface area contributed by atoms with Crippen molar-refractivity contribution in [2.45, 2.75) is 32.4 Å². The number of carboxylic acids is 1. The van der Waals surface area contributed by atoms with Gasteiger partial charge in [0.2, 0.25) is 0 Å².